The maximum absolute atomic E-state index is 12.2. The van der Waals surface area contributed by atoms with Crippen molar-refractivity contribution in [2.45, 2.75) is 94.8 Å². The van der Waals surface area contributed by atoms with E-state index in [2.05, 4.69) is 71.7 Å². The topological polar surface area (TPSA) is 148 Å². The van der Waals surface area contributed by atoms with Gasteiger partial charge in [-0.15, -0.1) is 0 Å². The van der Waals surface area contributed by atoms with Crippen LogP contribution in [0, 0.1) is 5.92 Å². The molecular weight excluding hydrogens is 891 g/mol. The van der Waals surface area contributed by atoms with Gasteiger partial charge in [-0.3, -0.25) is 4.79 Å². The first kappa shape index (κ1) is 48.1. The zero-order valence-corrected chi connectivity index (χ0v) is 41.0. The lowest BCUT2D eigenvalue weighted by atomic mass is 9.71. The van der Waals surface area contributed by atoms with E-state index >= 15 is 0 Å². The van der Waals surface area contributed by atoms with E-state index in [1.165, 1.54) is 18.4 Å². The number of ketones is 1. The van der Waals surface area contributed by atoms with E-state index < -0.39 is 12.2 Å². The van der Waals surface area contributed by atoms with E-state index in [1.54, 1.807) is 37.5 Å². The van der Waals surface area contributed by atoms with Gasteiger partial charge in [-0.25, -0.2) is 0 Å². The monoisotopic (exact) mass is 957 g/mol. The summed E-state index contributed by atoms with van der Waals surface area (Å²) in [5.41, 5.74) is 9.71. The molecular formula is C60H67N3O8. The van der Waals surface area contributed by atoms with E-state index in [1.807, 2.05) is 36.4 Å². The number of aryl methyl sites for hydroxylation is 2. The third-order valence-corrected chi connectivity index (χ3v) is 15.3. The van der Waals surface area contributed by atoms with Crippen LogP contribution in [0.5, 0.6) is 28.7 Å². The molecule has 4 bridgehead atoms. The van der Waals surface area contributed by atoms with Crippen LogP contribution in [0.3, 0.4) is 0 Å². The second-order valence-electron chi connectivity index (χ2n) is 19.8. The second-order valence-corrected chi connectivity index (χ2v) is 19.8. The van der Waals surface area contributed by atoms with Gasteiger partial charge in [0.15, 0.2) is 17.1 Å². The van der Waals surface area contributed by atoms with E-state index in [4.69, 9.17) is 23.9 Å². The number of ether oxygens (including phenoxy) is 4. The maximum atomic E-state index is 12.2. The molecule has 11 rings (SSSR count). The Morgan fingerprint density at radius 3 is 2.48 bits per heavy atom. The number of hydrogen-bond acceptors (Lipinski definition) is 9. The molecule has 1 unspecified atom stereocenters. The average Bonchev–Trinajstić information content (AvgIpc) is 4.09. The lowest BCUT2D eigenvalue weighted by molar-refractivity contribution is 0.153. The number of nitrogens with zero attached hydrogens (tertiary/aromatic N) is 2. The number of aliphatic hydroxyl groups is 2. The number of hydrogen-bond donors (Lipinski definition) is 4. The Hall–Kier alpha value is -6.53. The molecule has 1 saturated heterocycles. The van der Waals surface area contributed by atoms with Gasteiger partial charge in [0.1, 0.15) is 24.0 Å². The van der Waals surface area contributed by atoms with Gasteiger partial charge in [-0.1, -0.05) is 140 Å². The summed E-state index contributed by atoms with van der Waals surface area (Å²) in [7, 11) is 1.57. The molecule has 1 aromatic heterocycles. The lowest BCUT2D eigenvalue weighted by Crippen LogP contribution is -2.60. The first-order chi connectivity index (χ1) is 34.7. The van der Waals surface area contributed by atoms with Crippen molar-refractivity contribution in [1.29, 1.82) is 0 Å². The molecule has 6 aromatic rings. The number of fused-ring (bicyclic) bond motifs is 7. The smallest absolute Gasteiger partial charge is 0.335 e. The van der Waals surface area contributed by atoms with Crippen molar-refractivity contribution in [3.63, 3.8) is 0 Å². The molecule has 4 atom stereocenters. The zero-order valence-electron chi connectivity index (χ0n) is 41.0. The van der Waals surface area contributed by atoms with Crippen molar-refractivity contribution < 1.29 is 39.1 Å². The predicted octanol–water partition coefficient (Wildman–Crippen LogP) is 9.47. The number of benzene rings is 5. The molecule has 0 amide bonds. The normalized spacial score (nSPS) is 20.3. The highest BCUT2D eigenvalue weighted by atomic mass is 16.5. The Kier molecular flexibility index (Phi) is 14.5. The summed E-state index contributed by atoms with van der Waals surface area (Å²) in [6.07, 6.45) is 9.69. The van der Waals surface area contributed by atoms with Crippen molar-refractivity contribution in [3.8, 4) is 39.9 Å². The maximum Gasteiger partial charge on any atom is 0.335 e. The number of carbonyl (C=O) groups excluding carboxylic acids is 1. The van der Waals surface area contributed by atoms with Gasteiger partial charge in [0.2, 0.25) is 5.75 Å². The largest absolute Gasteiger partial charge is 0.508 e. The minimum absolute atomic E-state index is 0.0396. The van der Waals surface area contributed by atoms with Gasteiger partial charge in [0.05, 0.1) is 26.4 Å². The fraction of sp³-hybridized carbons (Fsp3) is 0.383. The molecule has 0 radical (unpaired) electrons. The first-order valence-electron chi connectivity index (χ1n) is 25.6. The number of phenolic OH excluding ortho intramolecular Hbond substituents is 1. The van der Waals surface area contributed by atoms with Crippen LogP contribution < -0.4 is 34.1 Å². The molecule has 1 spiro atoms. The number of aromatic hydroxyl groups is 1. The third-order valence-electron chi connectivity index (χ3n) is 15.3. The Morgan fingerprint density at radius 2 is 1.72 bits per heavy atom. The van der Waals surface area contributed by atoms with Gasteiger partial charge in [0, 0.05) is 24.5 Å². The Balaban J connectivity index is 1.08. The molecule has 1 saturated carbocycles. The first-order valence-corrected chi connectivity index (χ1v) is 25.6. The molecule has 11 heteroatoms. The highest BCUT2D eigenvalue weighted by Crippen LogP contribution is 2.54. The minimum Gasteiger partial charge on any atom is -0.508 e. The number of rotatable bonds is 10. The summed E-state index contributed by atoms with van der Waals surface area (Å²) in [6.45, 7) is 4.96. The standard InChI is InChI=1S/C60H66N3O8/c1-3-46-34-50-44-13-9-12-40(33-44)17-25-49-55-54(51(67)35-52(71-55)43-18-23-47(65)24-19-43)57(69-31-26-48(66)22-16-39-10-5-4-6-11-39)58(68-2)56(49)70-38-42(37-64)32-41-14-20-45(21-15-41)60(27-7-8-28-60)53-36-61-29-30-63(53)59(50)62-46/h4-6,9-16,18-24,33-34,42,48,52-53,61,64-66H,3,7-8,17,25-32,35-38H2,1-2H3/q-1/p+1/b22-16+/t42-,48+,52?,53+/m1/s1. The number of methoxy groups -OCH3 is 1. The van der Waals surface area contributed by atoms with Crippen LogP contribution in [0.2, 0.25) is 0 Å². The number of phenols is 1. The fourth-order valence-corrected chi connectivity index (χ4v) is 11.5. The lowest BCUT2D eigenvalue weighted by Gasteiger charge is -2.54. The number of aromatic nitrogens is 1. The molecule has 370 valence electrons. The summed E-state index contributed by atoms with van der Waals surface area (Å²) in [5, 5.41) is 36.0. The van der Waals surface area contributed by atoms with Gasteiger partial charge in [-0.05, 0) is 121 Å². The number of anilines is 1. The summed E-state index contributed by atoms with van der Waals surface area (Å²) < 4.78 is 26.8. The van der Waals surface area contributed by atoms with Crippen molar-refractivity contribution >= 4 is 17.7 Å². The van der Waals surface area contributed by atoms with Gasteiger partial charge in [0.25, 0.3) is 0 Å². The minimum atomic E-state index is -0.806. The van der Waals surface area contributed by atoms with Crippen LogP contribution in [0.15, 0.2) is 115 Å². The molecule has 5 heterocycles. The van der Waals surface area contributed by atoms with Crippen molar-refractivity contribution in [3.05, 3.63) is 160 Å². The van der Waals surface area contributed by atoms with E-state index in [0.717, 1.165) is 83.8 Å². The summed E-state index contributed by atoms with van der Waals surface area (Å²) in [5.74, 6) is 2.35. The Bertz CT molecular complexity index is 2820. The van der Waals surface area contributed by atoms with Gasteiger partial charge >= 0.3 is 5.78 Å². The number of nitrogens with one attached hydrogen (secondary N) is 1. The summed E-state index contributed by atoms with van der Waals surface area (Å²) in [4.78, 5) is 20.2. The zero-order chi connectivity index (χ0) is 48.9. The van der Waals surface area contributed by atoms with E-state index in [-0.39, 0.29) is 67.3 Å². The van der Waals surface area contributed by atoms with Crippen LogP contribution >= 0.6 is 0 Å². The molecule has 1 aliphatic carbocycles. The molecule has 5 aliphatic rings. The molecule has 5 aromatic carbocycles. The van der Waals surface area contributed by atoms with E-state index in [9.17, 15) is 20.1 Å². The molecule has 2 fully saturated rings. The summed E-state index contributed by atoms with van der Waals surface area (Å²) >= 11 is 0. The van der Waals surface area contributed by atoms with Crippen LogP contribution in [0.1, 0.15) is 96.2 Å². The number of piperazine rings is 1. The second kappa shape index (κ2) is 21.4. The third kappa shape index (κ3) is 10.1. The highest BCUT2D eigenvalue weighted by Gasteiger charge is 2.45. The van der Waals surface area contributed by atoms with E-state index in [0.29, 0.717) is 47.6 Å². The molecule has 71 heavy (non-hydrogen) atoms. The quantitative estimate of drug-likeness (QED) is 0.0980. The predicted molar refractivity (Wildman–Crippen MR) is 279 cm³/mol. The SMILES string of the molecule is CCc1cc2c([n-]1)N1CCNC[C@H]1C1(CCCC1)c1ccc(cc1)C[C@H](CO)COc1c(c3c(c(OCC[C@@H](O)/C=C/c4ccccc4)c1OC)C(=[OH+])CC(c1ccc(O)cc1)O3)CCc1cccc-2c1. The van der Waals surface area contributed by atoms with Crippen molar-refractivity contribution in [1.82, 2.24) is 10.3 Å². The van der Waals surface area contributed by atoms with Crippen LogP contribution in [0.25, 0.3) is 17.2 Å². The van der Waals surface area contributed by atoms with Gasteiger partial charge in [-0.2, -0.15) is 0 Å². The average molecular weight is 958 g/mol. The van der Waals surface area contributed by atoms with Crippen LogP contribution in [-0.4, -0.2) is 84.6 Å². The Labute approximate surface area is 417 Å². The van der Waals surface area contributed by atoms with Crippen LogP contribution in [-0.2, 0) is 31.1 Å². The number of aliphatic hydroxyl groups excluding tert-OH is 2. The van der Waals surface area contributed by atoms with Crippen molar-refractivity contribution in [2.75, 3.05) is 51.5 Å². The highest BCUT2D eigenvalue weighted by molar-refractivity contribution is 6.05. The Morgan fingerprint density at radius 1 is 0.915 bits per heavy atom. The summed E-state index contributed by atoms with van der Waals surface area (Å²) in [6, 6.07) is 37.0. The van der Waals surface area contributed by atoms with Crippen molar-refractivity contribution in [2.24, 2.45) is 5.92 Å². The van der Waals surface area contributed by atoms with Gasteiger partial charge < -0.3 is 49.5 Å². The van der Waals surface area contributed by atoms with Crippen LogP contribution in [0.4, 0.5) is 5.82 Å². The molecule has 5 N–H and O–H groups in total. The molecule has 11 nitrogen and oxygen atoms in total. The molecule has 4 aliphatic heterocycles. The fourth-order valence-electron chi connectivity index (χ4n) is 11.5.